The van der Waals surface area contributed by atoms with Crippen molar-refractivity contribution >= 4 is 67.5 Å². The number of nitrogens with zero attached hydrogens (tertiary/aromatic N) is 4. The van der Waals surface area contributed by atoms with Crippen LogP contribution in [0.25, 0.3) is 10.2 Å². The number of allylic oxidation sites excluding steroid dienone is 2. The van der Waals surface area contributed by atoms with Crippen LogP contribution in [0.15, 0.2) is 68.4 Å². The number of anilines is 1. The first kappa shape index (κ1) is 23.0. The minimum Gasteiger partial charge on any atom is -0.497 e. The Kier molecular flexibility index (Phi) is 6.42. The van der Waals surface area contributed by atoms with Gasteiger partial charge < -0.3 is 9.64 Å². The van der Waals surface area contributed by atoms with Crippen LogP contribution in [0, 0.1) is 6.92 Å². The van der Waals surface area contributed by atoms with Crippen molar-refractivity contribution in [1.82, 2.24) is 9.88 Å². The van der Waals surface area contributed by atoms with Gasteiger partial charge in [-0.05, 0) is 75.0 Å². The molecule has 0 radical (unpaired) electrons. The van der Waals surface area contributed by atoms with E-state index in [-0.39, 0.29) is 5.91 Å². The Balaban J connectivity index is 1.42. The van der Waals surface area contributed by atoms with Crippen LogP contribution in [-0.2, 0) is 4.79 Å². The Hall–Kier alpha value is -2.75. The smallest absolute Gasteiger partial charge is 0.266 e. The number of likely N-dealkylation sites (N-methyl/N-ethyl adjacent to an activating group) is 1. The van der Waals surface area contributed by atoms with E-state index in [0.29, 0.717) is 16.6 Å². The highest BCUT2D eigenvalue weighted by Gasteiger charge is 2.32. The Morgan fingerprint density at radius 2 is 1.88 bits per heavy atom. The first-order chi connectivity index (χ1) is 16.5. The molecule has 1 amide bonds. The molecule has 1 saturated heterocycles. The summed E-state index contributed by atoms with van der Waals surface area (Å²) in [7, 11) is 1.68. The molecule has 0 bridgehead atoms. The number of aliphatic imine (C=N–C) groups is 1. The molecule has 0 unspecified atom stereocenters. The summed E-state index contributed by atoms with van der Waals surface area (Å²) in [6.45, 7) is 7.50. The van der Waals surface area contributed by atoms with Crippen LogP contribution in [0.1, 0.15) is 18.9 Å². The Labute approximate surface area is 211 Å². The van der Waals surface area contributed by atoms with Crippen LogP contribution in [-0.4, -0.2) is 41.2 Å². The highest BCUT2D eigenvalue weighted by atomic mass is 32.2. The molecule has 6 nitrogen and oxygen atoms in total. The van der Waals surface area contributed by atoms with Crippen molar-refractivity contribution in [3.63, 3.8) is 0 Å². The van der Waals surface area contributed by atoms with Gasteiger partial charge in [-0.15, -0.1) is 11.3 Å². The normalized spacial score (nSPS) is 19.3. The lowest BCUT2D eigenvalue weighted by Crippen LogP contribution is -2.28. The fourth-order valence-corrected chi connectivity index (χ4v) is 6.87. The fraction of sp³-hybridized carbons (Fsp3) is 0.240. The number of aromatic nitrogens is 1. The molecule has 2 aliphatic heterocycles. The maximum Gasteiger partial charge on any atom is 0.266 e. The van der Waals surface area contributed by atoms with Gasteiger partial charge in [0, 0.05) is 24.1 Å². The highest BCUT2D eigenvalue weighted by Crippen LogP contribution is 2.47. The molecule has 9 heteroatoms. The molecule has 3 heterocycles. The Bertz CT molecular complexity index is 1380. The predicted molar refractivity (Wildman–Crippen MR) is 144 cm³/mol. The lowest BCUT2D eigenvalue weighted by atomic mass is 10.2. The molecule has 5 rings (SSSR count). The monoisotopic (exact) mass is 508 g/mol. The van der Waals surface area contributed by atoms with Crippen LogP contribution in [0.3, 0.4) is 0 Å². The number of benzene rings is 2. The van der Waals surface area contributed by atoms with Gasteiger partial charge in [-0.2, -0.15) is 0 Å². The van der Waals surface area contributed by atoms with Crippen molar-refractivity contribution in [3.8, 4) is 5.75 Å². The number of carbonyl (C=O) groups is 1. The summed E-state index contributed by atoms with van der Waals surface area (Å²) in [6.07, 6.45) is 3.95. The number of fused-ring (bicyclic) bond motifs is 2. The van der Waals surface area contributed by atoms with Crippen molar-refractivity contribution in [2.75, 3.05) is 25.1 Å². The zero-order chi connectivity index (χ0) is 23.8. The summed E-state index contributed by atoms with van der Waals surface area (Å²) in [5.74, 6) is 0.827. The third-order valence-corrected chi connectivity index (χ3v) is 8.63. The van der Waals surface area contributed by atoms with Crippen LogP contribution in [0.4, 0.5) is 11.4 Å². The molecular weight excluding hydrogens is 485 g/mol. The van der Waals surface area contributed by atoms with E-state index in [1.54, 1.807) is 35.1 Å². The highest BCUT2D eigenvalue weighted by molar-refractivity contribution is 8.18. The zero-order valence-corrected chi connectivity index (χ0v) is 21.8. The van der Waals surface area contributed by atoms with Crippen LogP contribution >= 0.6 is 34.9 Å². The van der Waals surface area contributed by atoms with Crippen molar-refractivity contribution in [1.29, 1.82) is 0 Å². The summed E-state index contributed by atoms with van der Waals surface area (Å²) >= 11 is 4.78. The van der Waals surface area contributed by atoms with Gasteiger partial charge >= 0.3 is 0 Å². The van der Waals surface area contributed by atoms with E-state index in [9.17, 15) is 4.79 Å². The number of hydrogen-bond acceptors (Lipinski definition) is 8. The summed E-state index contributed by atoms with van der Waals surface area (Å²) < 4.78 is 6.50. The van der Waals surface area contributed by atoms with E-state index in [1.807, 2.05) is 50.3 Å². The van der Waals surface area contributed by atoms with E-state index in [1.165, 1.54) is 16.7 Å². The van der Waals surface area contributed by atoms with Crippen molar-refractivity contribution < 1.29 is 9.53 Å². The molecule has 3 aromatic rings. The first-order valence-corrected chi connectivity index (χ1v) is 13.5. The van der Waals surface area contributed by atoms with Crippen molar-refractivity contribution in [2.24, 2.45) is 4.99 Å². The Morgan fingerprint density at radius 1 is 1.06 bits per heavy atom. The first-order valence-electron chi connectivity index (χ1n) is 11.0. The molecule has 0 N–H and O–H groups in total. The molecule has 1 aromatic heterocycles. The molecule has 174 valence electrons. The number of carbonyl (C=O) groups excluding carboxylic acids is 1. The van der Waals surface area contributed by atoms with Gasteiger partial charge in [-0.25, -0.2) is 9.98 Å². The quantitative estimate of drug-likeness (QED) is 0.364. The lowest BCUT2D eigenvalue weighted by Gasteiger charge is -2.18. The molecule has 0 saturated carbocycles. The number of aryl methyl sites for hydroxylation is 1. The molecular formula is C25H24N4O2S3. The van der Waals surface area contributed by atoms with E-state index >= 15 is 0 Å². The summed E-state index contributed by atoms with van der Waals surface area (Å²) in [6, 6.07) is 12.1. The number of thiazole rings is 1. The minimum atomic E-state index is -0.0111. The summed E-state index contributed by atoms with van der Waals surface area (Å²) in [5.41, 5.74) is 2.94. The maximum absolute atomic E-state index is 13.1. The standard InChI is InChI=1S/C25H24N4O2S3/c1-5-28-19-14-17(31-4)8-10-20(19)33-23(28)12-11-21-24(30)29(6-2)25(34-21)27-16-7-9-18-22(13-16)32-15(3)26-18/h7-14H,5-6H2,1-4H3. The van der Waals surface area contributed by atoms with Crippen LogP contribution < -0.4 is 9.64 Å². The minimum absolute atomic E-state index is 0.0111. The Morgan fingerprint density at radius 3 is 2.65 bits per heavy atom. The molecule has 0 aliphatic carbocycles. The maximum atomic E-state index is 13.1. The molecule has 1 fully saturated rings. The predicted octanol–water partition coefficient (Wildman–Crippen LogP) is 6.55. The number of thioether (sulfide) groups is 2. The van der Waals surface area contributed by atoms with Gasteiger partial charge in [-0.1, -0.05) is 11.8 Å². The van der Waals surface area contributed by atoms with Gasteiger partial charge in [-0.3, -0.25) is 9.69 Å². The van der Waals surface area contributed by atoms with E-state index < -0.39 is 0 Å². The average Bonchev–Trinajstić information content (AvgIpc) is 3.48. The molecule has 2 aromatic carbocycles. The number of rotatable bonds is 5. The largest absolute Gasteiger partial charge is 0.497 e. The molecule has 2 aliphatic rings. The second-order valence-corrected chi connectivity index (χ2v) is 11.0. The van der Waals surface area contributed by atoms with Gasteiger partial charge in [0.05, 0.1) is 43.6 Å². The van der Waals surface area contributed by atoms with Crippen LogP contribution in [0.2, 0.25) is 0 Å². The average molecular weight is 509 g/mol. The summed E-state index contributed by atoms with van der Waals surface area (Å²) in [4.78, 5) is 28.2. The van der Waals surface area contributed by atoms with E-state index in [4.69, 9.17) is 9.73 Å². The number of hydrogen-bond donors (Lipinski definition) is 0. The number of methoxy groups -OCH3 is 1. The van der Waals surface area contributed by atoms with Gasteiger partial charge in [0.1, 0.15) is 5.75 Å². The van der Waals surface area contributed by atoms with Crippen molar-refractivity contribution in [3.05, 3.63) is 63.5 Å². The fourth-order valence-electron chi connectivity index (χ4n) is 3.90. The second kappa shape index (κ2) is 9.48. The number of ether oxygens (including phenoxy) is 1. The van der Waals surface area contributed by atoms with E-state index in [2.05, 4.69) is 28.9 Å². The third kappa shape index (κ3) is 4.23. The number of amidine groups is 1. The molecule has 34 heavy (non-hydrogen) atoms. The second-order valence-electron chi connectivity index (χ2n) is 7.65. The lowest BCUT2D eigenvalue weighted by molar-refractivity contribution is -0.122. The van der Waals surface area contributed by atoms with Crippen molar-refractivity contribution in [2.45, 2.75) is 25.7 Å². The molecule has 0 spiro atoms. The van der Waals surface area contributed by atoms with Gasteiger partial charge in [0.25, 0.3) is 5.91 Å². The SMILES string of the molecule is CCN1C(=O)C(=CC=C2Sc3ccc(OC)cc3N2CC)SC1=Nc1ccc2nc(C)sc2c1. The number of amides is 1. The molecule has 0 atom stereocenters. The van der Waals surface area contributed by atoms with Crippen LogP contribution in [0.5, 0.6) is 5.75 Å². The van der Waals surface area contributed by atoms with E-state index in [0.717, 1.165) is 43.9 Å². The topological polar surface area (TPSA) is 58.0 Å². The van der Waals surface area contributed by atoms with Gasteiger partial charge in [0.2, 0.25) is 0 Å². The third-order valence-electron chi connectivity index (χ3n) is 5.54. The van der Waals surface area contributed by atoms with Gasteiger partial charge in [0.15, 0.2) is 5.17 Å². The zero-order valence-electron chi connectivity index (χ0n) is 19.4. The summed E-state index contributed by atoms with van der Waals surface area (Å²) in [5, 5.41) is 2.83.